The van der Waals surface area contributed by atoms with Crippen LogP contribution in [0.3, 0.4) is 0 Å². The Kier molecular flexibility index (Phi) is 2.79. The number of methoxy groups -OCH3 is 2. The molecule has 1 spiro atoms. The van der Waals surface area contributed by atoms with E-state index >= 15 is 0 Å². The molecule has 0 unspecified atom stereocenters. The third-order valence-electron chi connectivity index (χ3n) is 3.22. The molecule has 1 heterocycles. The van der Waals surface area contributed by atoms with Crippen LogP contribution in [0, 0.1) is 5.41 Å². The summed E-state index contributed by atoms with van der Waals surface area (Å²) in [6, 6.07) is 0. The summed E-state index contributed by atoms with van der Waals surface area (Å²) in [5, 5.41) is 0. The van der Waals surface area contributed by atoms with Gasteiger partial charge in [-0.05, 0) is 24.8 Å². The summed E-state index contributed by atoms with van der Waals surface area (Å²) in [5.74, 6) is 1.14. The van der Waals surface area contributed by atoms with E-state index in [1.165, 1.54) is 18.4 Å². The maximum atomic E-state index is 5.53. The summed E-state index contributed by atoms with van der Waals surface area (Å²) in [6.45, 7) is 2.34. The molecule has 3 nitrogen and oxygen atoms in total. The van der Waals surface area contributed by atoms with E-state index in [0.29, 0.717) is 6.61 Å². The fourth-order valence-electron chi connectivity index (χ4n) is 2.54. The van der Waals surface area contributed by atoms with Crippen molar-refractivity contribution in [1.29, 1.82) is 0 Å². The van der Waals surface area contributed by atoms with Gasteiger partial charge in [0, 0.05) is 7.11 Å². The third-order valence-corrected chi connectivity index (χ3v) is 3.22. The van der Waals surface area contributed by atoms with Gasteiger partial charge in [-0.15, -0.1) is 0 Å². The Morgan fingerprint density at radius 1 is 1.36 bits per heavy atom. The lowest BCUT2D eigenvalue weighted by Gasteiger charge is -2.45. The quantitative estimate of drug-likeness (QED) is 0.691. The molecule has 2 rings (SSSR count). The van der Waals surface area contributed by atoms with Crippen LogP contribution in [0.4, 0.5) is 0 Å². The summed E-state index contributed by atoms with van der Waals surface area (Å²) in [7, 11) is 3.50. The monoisotopic (exact) mass is 198 g/mol. The van der Waals surface area contributed by atoms with Crippen LogP contribution in [0.15, 0.2) is 11.3 Å². The van der Waals surface area contributed by atoms with Gasteiger partial charge in [0.2, 0.25) is 0 Å². The molecule has 2 aliphatic rings. The molecule has 1 aliphatic heterocycles. The standard InChI is InChI=1S/C11H18O3/c1-12-6-9-4-3-5-11(7-14-8-11)10(9)13-2/h3-8H2,1-2H3. The summed E-state index contributed by atoms with van der Waals surface area (Å²) >= 11 is 0. The lowest BCUT2D eigenvalue weighted by molar-refractivity contribution is -0.122. The number of hydrogen-bond acceptors (Lipinski definition) is 3. The highest BCUT2D eigenvalue weighted by atomic mass is 16.5. The summed E-state index contributed by atoms with van der Waals surface area (Å²) in [4.78, 5) is 0. The minimum absolute atomic E-state index is 0.195. The molecule has 0 radical (unpaired) electrons. The molecular weight excluding hydrogens is 180 g/mol. The van der Waals surface area contributed by atoms with Crippen LogP contribution in [-0.4, -0.2) is 34.0 Å². The van der Waals surface area contributed by atoms with E-state index in [2.05, 4.69) is 0 Å². The Hall–Kier alpha value is -0.540. The first kappa shape index (κ1) is 9.99. The van der Waals surface area contributed by atoms with Gasteiger partial charge in [-0.25, -0.2) is 0 Å². The fourth-order valence-corrected chi connectivity index (χ4v) is 2.54. The average Bonchev–Trinajstić information content (AvgIpc) is 2.15. The minimum atomic E-state index is 0.195. The van der Waals surface area contributed by atoms with Crippen molar-refractivity contribution in [3.8, 4) is 0 Å². The number of rotatable bonds is 3. The van der Waals surface area contributed by atoms with Gasteiger partial charge in [-0.2, -0.15) is 0 Å². The van der Waals surface area contributed by atoms with Crippen LogP contribution in [0.1, 0.15) is 19.3 Å². The molecule has 1 aliphatic carbocycles. The third kappa shape index (κ3) is 1.44. The van der Waals surface area contributed by atoms with Gasteiger partial charge in [0.1, 0.15) is 5.76 Å². The van der Waals surface area contributed by atoms with Gasteiger partial charge in [-0.1, -0.05) is 0 Å². The van der Waals surface area contributed by atoms with Crippen LogP contribution in [-0.2, 0) is 14.2 Å². The Labute approximate surface area is 85.0 Å². The van der Waals surface area contributed by atoms with Gasteiger partial charge in [0.25, 0.3) is 0 Å². The first-order chi connectivity index (χ1) is 6.82. The predicted octanol–water partition coefficient (Wildman–Crippen LogP) is 1.73. The zero-order valence-electron chi connectivity index (χ0n) is 8.97. The molecule has 0 amide bonds. The SMILES string of the molecule is COCC1=C(OC)C2(CCC1)COC2. The van der Waals surface area contributed by atoms with E-state index in [1.807, 2.05) is 0 Å². The van der Waals surface area contributed by atoms with E-state index in [-0.39, 0.29) is 5.41 Å². The lowest BCUT2D eigenvalue weighted by atomic mass is 9.73. The second kappa shape index (κ2) is 3.91. The van der Waals surface area contributed by atoms with Crippen molar-refractivity contribution in [3.05, 3.63) is 11.3 Å². The smallest absolute Gasteiger partial charge is 0.108 e. The van der Waals surface area contributed by atoms with Crippen molar-refractivity contribution in [3.63, 3.8) is 0 Å². The Bertz CT molecular complexity index is 241. The van der Waals surface area contributed by atoms with Gasteiger partial charge >= 0.3 is 0 Å². The summed E-state index contributed by atoms with van der Waals surface area (Å²) in [6.07, 6.45) is 3.54. The zero-order chi connectivity index (χ0) is 10.0. The molecule has 0 aromatic rings. The van der Waals surface area contributed by atoms with E-state index in [4.69, 9.17) is 14.2 Å². The van der Waals surface area contributed by atoms with E-state index in [1.54, 1.807) is 14.2 Å². The molecule has 0 aromatic heterocycles. The maximum absolute atomic E-state index is 5.53. The van der Waals surface area contributed by atoms with Crippen LogP contribution in [0.5, 0.6) is 0 Å². The fraction of sp³-hybridized carbons (Fsp3) is 0.818. The highest BCUT2D eigenvalue weighted by molar-refractivity contribution is 5.23. The van der Waals surface area contributed by atoms with Crippen molar-refractivity contribution in [1.82, 2.24) is 0 Å². The van der Waals surface area contributed by atoms with Gasteiger partial charge < -0.3 is 14.2 Å². The molecule has 0 atom stereocenters. The molecule has 0 saturated carbocycles. The zero-order valence-corrected chi connectivity index (χ0v) is 8.97. The van der Waals surface area contributed by atoms with Gasteiger partial charge in [0.05, 0.1) is 32.3 Å². The van der Waals surface area contributed by atoms with Gasteiger partial charge in [0.15, 0.2) is 0 Å². The first-order valence-electron chi connectivity index (χ1n) is 5.15. The van der Waals surface area contributed by atoms with E-state index < -0.39 is 0 Å². The summed E-state index contributed by atoms with van der Waals surface area (Å²) < 4.78 is 16.0. The van der Waals surface area contributed by atoms with Crippen molar-refractivity contribution < 1.29 is 14.2 Å². The largest absolute Gasteiger partial charge is 0.500 e. The molecule has 3 heteroatoms. The topological polar surface area (TPSA) is 27.7 Å². The minimum Gasteiger partial charge on any atom is -0.500 e. The normalized spacial score (nSPS) is 25.0. The highest BCUT2D eigenvalue weighted by Crippen LogP contribution is 2.46. The molecule has 80 valence electrons. The lowest BCUT2D eigenvalue weighted by Crippen LogP contribution is -2.46. The molecule has 0 bridgehead atoms. The van der Waals surface area contributed by atoms with E-state index in [0.717, 1.165) is 25.4 Å². The van der Waals surface area contributed by atoms with Crippen molar-refractivity contribution in [2.75, 3.05) is 34.0 Å². The second-order valence-corrected chi connectivity index (χ2v) is 4.20. The van der Waals surface area contributed by atoms with Crippen LogP contribution in [0.2, 0.25) is 0 Å². The van der Waals surface area contributed by atoms with Crippen molar-refractivity contribution in [2.45, 2.75) is 19.3 Å². The molecular formula is C11H18O3. The number of ether oxygens (including phenoxy) is 3. The van der Waals surface area contributed by atoms with Crippen LogP contribution >= 0.6 is 0 Å². The number of hydrogen-bond donors (Lipinski definition) is 0. The first-order valence-corrected chi connectivity index (χ1v) is 5.15. The molecule has 1 fully saturated rings. The molecule has 0 aromatic carbocycles. The molecule has 1 saturated heterocycles. The van der Waals surface area contributed by atoms with Crippen molar-refractivity contribution in [2.24, 2.45) is 5.41 Å². The van der Waals surface area contributed by atoms with E-state index in [9.17, 15) is 0 Å². The Morgan fingerprint density at radius 3 is 2.64 bits per heavy atom. The van der Waals surface area contributed by atoms with Gasteiger partial charge in [-0.3, -0.25) is 0 Å². The average molecular weight is 198 g/mol. The highest BCUT2D eigenvalue weighted by Gasteiger charge is 2.46. The second-order valence-electron chi connectivity index (χ2n) is 4.20. The Morgan fingerprint density at radius 2 is 2.14 bits per heavy atom. The molecule has 14 heavy (non-hydrogen) atoms. The predicted molar refractivity (Wildman–Crippen MR) is 53.0 cm³/mol. The van der Waals surface area contributed by atoms with Crippen LogP contribution in [0.25, 0.3) is 0 Å². The molecule has 0 N–H and O–H groups in total. The van der Waals surface area contributed by atoms with Crippen LogP contribution < -0.4 is 0 Å². The van der Waals surface area contributed by atoms with Crippen molar-refractivity contribution >= 4 is 0 Å². The maximum Gasteiger partial charge on any atom is 0.108 e. The Balaban J connectivity index is 2.22. The summed E-state index contributed by atoms with van der Waals surface area (Å²) in [5.41, 5.74) is 1.52.